The first-order valence-electron chi connectivity index (χ1n) is 6.79. The molecule has 0 unspecified atom stereocenters. The molecule has 1 aromatic rings. The van der Waals surface area contributed by atoms with E-state index in [1.165, 1.54) is 5.56 Å². The molecule has 0 saturated carbocycles. The highest BCUT2D eigenvalue weighted by molar-refractivity contribution is 5.41. The van der Waals surface area contributed by atoms with Crippen LogP contribution in [-0.4, -0.2) is 49.2 Å². The summed E-state index contributed by atoms with van der Waals surface area (Å²) in [6, 6.07) is 4.92. The highest BCUT2D eigenvalue weighted by atomic mass is 15.3. The molecule has 0 aromatic carbocycles. The van der Waals surface area contributed by atoms with Crippen molar-refractivity contribution in [1.29, 1.82) is 0 Å². The van der Waals surface area contributed by atoms with Gasteiger partial charge < -0.3 is 10.2 Å². The number of rotatable bonds is 4. The van der Waals surface area contributed by atoms with Crippen LogP contribution >= 0.6 is 0 Å². The highest BCUT2D eigenvalue weighted by Gasteiger charge is 2.19. The van der Waals surface area contributed by atoms with Crippen LogP contribution in [0, 0.1) is 0 Å². The summed E-state index contributed by atoms with van der Waals surface area (Å²) in [5.74, 6) is 1.12. The maximum Gasteiger partial charge on any atom is 0.128 e. The van der Waals surface area contributed by atoms with Crippen LogP contribution in [0.15, 0.2) is 18.3 Å². The summed E-state index contributed by atoms with van der Waals surface area (Å²) in [7, 11) is 1.97. The molecule has 1 aromatic heterocycles. The molecule has 18 heavy (non-hydrogen) atoms. The molecule has 0 aliphatic carbocycles. The Balaban J connectivity index is 1.98. The van der Waals surface area contributed by atoms with Crippen molar-refractivity contribution < 1.29 is 0 Å². The van der Waals surface area contributed by atoms with Crippen LogP contribution in [-0.2, 0) is 6.54 Å². The molecule has 100 valence electrons. The number of nitrogens with one attached hydrogen (secondary N) is 1. The summed E-state index contributed by atoms with van der Waals surface area (Å²) in [5.41, 5.74) is 1.30. The van der Waals surface area contributed by atoms with Crippen LogP contribution in [0.1, 0.15) is 19.4 Å². The summed E-state index contributed by atoms with van der Waals surface area (Å²) >= 11 is 0. The van der Waals surface area contributed by atoms with Crippen molar-refractivity contribution in [3.63, 3.8) is 0 Å². The maximum atomic E-state index is 4.49. The Bertz CT molecular complexity index is 370. The molecule has 4 heteroatoms. The molecule has 0 spiro atoms. The zero-order valence-electron chi connectivity index (χ0n) is 11.7. The second kappa shape index (κ2) is 6.16. The molecule has 0 atom stereocenters. The van der Waals surface area contributed by atoms with Crippen LogP contribution in [0.25, 0.3) is 0 Å². The van der Waals surface area contributed by atoms with Gasteiger partial charge in [0.05, 0.1) is 0 Å². The number of piperazine rings is 1. The predicted molar refractivity (Wildman–Crippen MR) is 75.9 cm³/mol. The van der Waals surface area contributed by atoms with E-state index in [1.54, 1.807) is 0 Å². The first-order valence-corrected chi connectivity index (χ1v) is 6.79. The Hall–Kier alpha value is -1.13. The van der Waals surface area contributed by atoms with Crippen molar-refractivity contribution in [2.45, 2.75) is 26.4 Å². The monoisotopic (exact) mass is 248 g/mol. The normalized spacial score (nSPS) is 17.4. The lowest BCUT2D eigenvalue weighted by Gasteiger charge is -2.37. The van der Waals surface area contributed by atoms with E-state index in [0.29, 0.717) is 6.04 Å². The fourth-order valence-corrected chi connectivity index (χ4v) is 2.42. The Labute approximate surface area is 110 Å². The first-order chi connectivity index (χ1) is 8.70. The highest BCUT2D eigenvalue weighted by Crippen LogP contribution is 2.16. The third-order valence-corrected chi connectivity index (χ3v) is 3.56. The number of pyridine rings is 1. The SMILES string of the molecule is CNCc1ccnc(N2CCN(C(C)C)CC2)c1. The second-order valence-electron chi connectivity index (χ2n) is 5.17. The van der Waals surface area contributed by atoms with E-state index in [4.69, 9.17) is 0 Å². The van der Waals surface area contributed by atoms with E-state index in [2.05, 4.69) is 46.1 Å². The van der Waals surface area contributed by atoms with Crippen LogP contribution < -0.4 is 10.2 Å². The lowest BCUT2D eigenvalue weighted by atomic mass is 10.2. The standard InChI is InChI=1S/C14H24N4/c1-12(2)17-6-8-18(9-7-17)14-10-13(11-15-3)4-5-16-14/h4-5,10,12,15H,6-9,11H2,1-3H3. The molecule has 4 nitrogen and oxygen atoms in total. The number of hydrogen-bond donors (Lipinski definition) is 1. The molecule has 2 rings (SSSR count). The predicted octanol–water partition coefficient (Wildman–Crippen LogP) is 1.33. The summed E-state index contributed by atoms with van der Waals surface area (Å²) in [6.45, 7) is 9.86. The van der Waals surface area contributed by atoms with E-state index in [9.17, 15) is 0 Å². The van der Waals surface area contributed by atoms with Crippen LogP contribution in [0.2, 0.25) is 0 Å². The number of aromatic nitrogens is 1. The Kier molecular flexibility index (Phi) is 4.55. The van der Waals surface area contributed by atoms with Gasteiger partial charge in [-0.1, -0.05) is 0 Å². The van der Waals surface area contributed by atoms with Crippen molar-refractivity contribution in [3.05, 3.63) is 23.9 Å². The van der Waals surface area contributed by atoms with Gasteiger partial charge in [-0.15, -0.1) is 0 Å². The van der Waals surface area contributed by atoms with Gasteiger partial charge in [0.15, 0.2) is 0 Å². The fraction of sp³-hybridized carbons (Fsp3) is 0.643. The van der Waals surface area contributed by atoms with Gasteiger partial charge in [0, 0.05) is 45.0 Å². The third-order valence-electron chi connectivity index (χ3n) is 3.56. The van der Waals surface area contributed by atoms with Gasteiger partial charge in [-0.3, -0.25) is 4.90 Å². The molecular weight excluding hydrogens is 224 g/mol. The van der Waals surface area contributed by atoms with Gasteiger partial charge in [-0.2, -0.15) is 0 Å². The molecular formula is C14H24N4. The smallest absolute Gasteiger partial charge is 0.128 e. The minimum atomic E-state index is 0.649. The summed E-state index contributed by atoms with van der Waals surface area (Å²) < 4.78 is 0. The van der Waals surface area contributed by atoms with Crippen molar-refractivity contribution in [1.82, 2.24) is 15.2 Å². The molecule has 1 saturated heterocycles. The van der Waals surface area contributed by atoms with Gasteiger partial charge >= 0.3 is 0 Å². The second-order valence-corrected chi connectivity index (χ2v) is 5.17. The van der Waals surface area contributed by atoms with Crippen molar-refractivity contribution >= 4 is 5.82 Å². The van der Waals surface area contributed by atoms with Crippen LogP contribution in [0.5, 0.6) is 0 Å². The van der Waals surface area contributed by atoms with Gasteiger partial charge in [0.25, 0.3) is 0 Å². The molecule has 0 radical (unpaired) electrons. The van der Waals surface area contributed by atoms with E-state index in [1.807, 2.05) is 13.2 Å². The molecule has 0 amide bonds. The molecule has 1 N–H and O–H groups in total. The zero-order valence-corrected chi connectivity index (χ0v) is 11.7. The Morgan fingerprint density at radius 2 is 2.00 bits per heavy atom. The minimum Gasteiger partial charge on any atom is -0.354 e. The van der Waals surface area contributed by atoms with Crippen LogP contribution in [0.3, 0.4) is 0 Å². The molecule has 2 heterocycles. The fourth-order valence-electron chi connectivity index (χ4n) is 2.42. The zero-order chi connectivity index (χ0) is 13.0. The summed E-state index contributed by atoms with van der Waals surface area (Å²) in [4.78, 5) is 9.40. The minimum absolute atomic E-state index is 0.649. The van der Waals surface area contributed by atoms with Crippen molar-refractivity contribution in [2.75, 3.05) is 38.1 Å². The Morgan fingerprint density at radius 1 is 1.28 bits per heavy atom. The average Bonchev–Trinajstić information content (AvgIpc) is 2.39. The topological polar surface area (TPSA) is 31.4 Å². The lowest BCUT2D eigenvalue weighted by molar-refractivity contribution is 0.209. The van der Waals surface area contributed by atoms with Gasteiger partial charge in [-0.25, -0.2) is 4.98 Å². The number of nitrogens with zero attached hydrogens (tertiary/aromatic N) is 3. The first kappa shape index (κ1) is 13.3. The average molecular weight is 248 g/mol. The van der Waals surface area contributed by atoms with Crippen molar-refractivity contribution in [3.8, 4) is 0 Å². The molecule has 1 aliphatic rings. The van der Waals surface area contributed by atoms with E-state index in [-0.39, 0.29) is 0 Å². The lowest BCUT2D eigenvalue weighted by Crippen LogP contribution is -2.49. The summed E-state index contributed by atoms with van der Waals surface area (Å²) in [6.07, 6.45) is 1.91. The largest absolute Gasteiger partial charge is 0.354 e. The van der Waals surface area contributed by atoms with E-state index < -0.39 is 0 Å². The number of hydrogen-bond acceptors (Lipinski definition) is 4. The van der Waals surface area contributed by atoms with Gasteiger partial charge in [0.1, 0.15) is 5.82 Å². The Morgan fingerprint density at radius 3 is 2.61 bits per heavy atom. The molecule has 1 aliphatic heterocycles. The number of anilines is 1. The quantitative estimate of drug-likeness (QED) is 0.871. The van der Waals surface area contributed by atoms with Crippen molar-refractivity contribution in [2.24, 2.45) is 0 Å². The van der Waals surface area contributed by atoms with Crippen LogP contribution in [0.4, 0.5) is 5.82 Å². The molecule has 1 fully saturated rings. The van der Waals surface area contributed by atoms with E-state index in [0.717, 1.165) is 38.5 Å². The third kappa shape index (κ3) is 3.21. The van der Waals surface area contributed by atoms with E-state index >= 15 is 0 Å². The van der Waals surface area contributed by atoms with Gasteiger partial charge in [0.2, 0.25) is 0 Å². The maximum absolute atomic E-state index is 4.49. The summed E-state index contributed by atoms with van der Waals surface area (Å²) in [5, 5.41) is 3.18. The molecule has 0 bridgehead atoms. The van der Waals surface area contributed by atoms with Gasteiger partial charge in [-0.05, 0) is 38.6 Å².